The van der Waals surface area contributed by atoms with E-state index in [0.29, 0.717) is 10.6 Å². The summed E-state index contributed by atoms with van der Waals surface area (Å²) in [5.74, 6) is -0.165. The minimum Gasteiger partial charge on any atom is -0.477 e. The van der Waals surface area contributed by atoms with Crippen LogP contribution in [0.15, 0.2) is 9.72 Å². The van der Waals surface area contributed by atoms with Crippen molar-refractivity contribution in [1.29, 1.82) is 0 Å². The normalized spacial score (nSPS) is 10.7. The lowest BCUT2D eigenvalue weighted by Gasteiger charge is -1.91. The Morgan fingerprint density at radius 3 is 2.76 bits per heavy atom. The number of hydrogen-bond acceptors (Lipinski definition) is 6. The van der Waals surface area contributed by atoms with Crippen molar-refractivity contribution >= 4 is 40.4 Å². The van der Waals surface area contributed by atoms with Crippen LogP contribution in [0.25, 0.3) is 0 Å². The zero-order chi connectivity index (χ0) is 12.4. The van der Waals surface area contributed by atoms with Crippen LogP contribution < -0.4 is 0 Å². The van der Waals surface area contributed by atoms with Gasteiger partial charge < -0.3 is 5.11 Å². The van der Waals surface area contributed by atoms with Gasteiger partial charge in [0.05, 0.1) is 11.4 Å². The number of rotatable bonds is 4. The van der Waals surface area contributed by atoms with Gasteiger partial charge >= 0.3 is 5.97 Å². The molecule has 0 radical (unpaired) electrons. The summed E-state index contributed by atoms with van der Waals surface area (Å²) in [6.07, 6.45) is 0. The highest BCUT2D eigenvalue weighted by Crippen LogP contribution is 2.30. The SMILES string of the molecule is Cc1csc(CSc2nc(C)c(C(=O)O)s2)n1. The Bertz CT molecular complexity index is 547. The molecule has 0 aliphatic heterocycles. The van der Waals surface area contributed by atoms with Crippen LogP contribution in [0.2, 0.25) is 0 Å². The molecular formula is C10H10N2O2S3. The molecule has 2 aromatic heterocycles. The second-order valence-electron chi connectivity index (χ2n) is 3.37. The summed E-state index contributed by atoms with van der Waals surface area (Å²) in [6, 6.07) is 0. The molecule has 0 amide bonds. The fourth-order valence-electron chi connectivity index (χ4n) is 1.22. The molecule has 0 aliphatic rings. The summed E-state index contributed by atoms with van der Waals surface area (Å²) in [7, 11) is 0. The van der Waals surface area contributed by atoms with Crippen molar-refractivity contribution in [2.24, 2.45) is 0 Å². The van der Waals surface area contributed by atoms with Gasteiger partial charge in [0.1, 0.15) is 9.88 Å². The lowest BCUT2D eigenvalue weighted by atomic mass is 10.4. The highest BCUT2D eigenvalue weighted by atomic mass is 32.2. The van der Waals surface area contributed by atoms with Crippen molar-refractivity contribution in [2.45, 2.75) is 23.9 Å². The molecule has 17 heavy (non-hydrogen) atoms. The second kappa shape index (κ2) is 5.16. The number of nitrogens with zero attached hydrogens (tertiary/aromatic N) is 2. The maximum atomic E-state index is 10.9. The first-order valence-corrected chi connectivity index (χ1v) is 7.49. The molecule has 90 valence electrons. The van der Waals surface area contributed by atoms with Gasteiger partial charge in [-0.2, -0.15) is 0 Å². The largest absolute Gasteiger partial charge is 0.477 e. The van der Waals surface area contributed by atoms with E-state index in [9.17, 15) is 4.79 Å². The van der Waals surface area contributed by atoms with Crippen LogP contribution in [-0.2, 0) is 5.75 Å². The Morgan fingerprint density at radius 1 is 1.47 bits per heavy atom. The number of carboxylic acid groups (broad SMARTS) is 1. The van der Waals surface area contributed by atoms with E-state index in [1.807, 2.05) is 12.3 Å². The summed E-state index contributed by atoms with van der Waals surface area (Å²) in [4.78, 5) is 19.8. The van der Waals surface area contributed by atoms with Crippen LogP contribution in [0.5, 0.6) is 0 Å². The molecule has 0 spiro atoms. The minimum absolute atomic E-state index is 0.322. The number of carbonyl (C=O) groups is 1. The highest BCUT2D eigenvalue weighted by molar-refractivity contribution is 8.00. The van der Waals surface area contributed by atoms with E-state index in [0.717, 1.165) is 20.8 Å². The quantitative estimate of drug-likeness (QED) is 0.874. The Hall–Kier alpha value is -0.920. The number of aromatic nitrogens is 2. The van der Waals surface area contributed by atoms with Crippen LogP contribution >= 0.6 is 34.4 Å². The van der Waals surface area contributed by atoms with Crippen molar-refractivity contribution in [3.05, 3.63) is 26.7 Å². The van der Waals surface area contributed by atoms with Gasteiger partial charge in [0, 0.05) is 11.1 Å². The molecule has 7 heteroatoms. The van der Waals surface area contributed by atoms with E-state index in [1.54, 1.807) is 18.3 Å². The standard InChI is InChI=1S/C10H10N2O2S3/c1-5-3-15-7(11-5)4-16-10-12-6(2)8(17-10)9(13)14/h3H,4H2,1-2H3,(H,13,14). The number of hydrogen-bond donors (Lipinski definition) is 1. The third-order valence-electron chi connectivity index (χ3n) is 1.96. The van der Waals surface area contributed by atoms with Crippen LogP contribution in [0, 0.1) is 13.8 Å². The van der Waals surface area contributed by atoms with E-state index in [1.165, 1.54) is 23.1 Å². The van der Waals surface area contributed by atoms with Crippen molar-refractivity contribution in [3.8, 4) is 0 Å². The first-order chi connectivity index (χ1) is 8.06. The summed E-state index contributed by atoms with van der Waals surface area (Å²) < 4.78 is 0.785. The predicted molar refractivity (Wildman–Crippen MR) is 70.2 cm³/mol. The average Bonchev–Trinajstić information content (AvgIpc) is 2.82. The molecule has 0 aliphatic carbocycles. The topological polar surface area (TPSA) is 63.1 Å². The van der Waals surface area contributed by atoms with Gasteiger partial charge in [-0.25, -0.2) is 14.8 Å². The number of carboxylic acids is 1. The highest BCUT2D eigenvalue weighted by Gasteiger charge is 2.14. The smallest absolute Gasteiger partial charge is 0.347 e. The minimum atomic E-state index is -0.906. The molecule has 0 saturated carbocycles. The average molecular weight is 286 g/mol. The van der Waals surface area contributed by atoms with E-state index >= 15 is 0 Å². The first-order valence-electron chi connectivity index (χ1n) is 4.81. The van der Waals surface area contributed by atoms with Crippen molar-refractivity contribution in [3.63, 3.8) is 0 Å². The monoisotopic (exact) mass is 286 g/mol. The second-order valence-corrected chi connectivity index (χ2v) is 6.53. The molecule has 4 nitrogen and oxygen atoms in total. The molecular weight excluding hydrogens is 276 g/mol. The Morgan fingerprint density at radius 2 is 2.24 bits per heavy atom. The van der Waals surface area contributed by atoms with E-state index in [2.05, 4.69) is 9.97 Å². The molecule has 2 rings (SSSR count). The fourth-order valence-corrected chi connectivity index (χ4v) is 4.04. The zero-order valence-electron chi connectivity index (χ0n) is 9.26. The van der Waals surface area contributed by atoms with Gasteiger partial charge in [-0.15, -0.1) is 22.7 Å². The van der Waals surface area contributed by atoms with Crippen LogP contribution in [0.1, 0.15) is 26.1 Å². The van der Waals surface area contributed by atoms with Gasteiger partial charge in [-0.1, -0.05) is 11.8 Å². The Labute approximate surface area is 111 Å². The summed E-state index contributed by atoms with van der Waals surface area (Å²) >= 11 is 4.37. The van der Waals surface area contributed by atoms with Gasteiger partial charge in [0.15, 0.2) is 4.34 Å². The third kappa shape index (κ3) is 3.05. The zero-order valence-corrected chi connectivity index (χ0v) is 11.7. The lowest BCUT2D eigenvalue weighted by Crippen LogP contribution is -1.94. The van der Waals surface area contributed by atoms with Gasteiger partial charge in [0.25, 0.3) is 0 Å². The van der Waals surface area contributed by atoms with Gasteiger partial charge in [0.2, 0.25) is 0 Å². The van der Waals surface area contributed by atoms with Crippen molar-refractivity contribution in [2.75, 3.05) is 0 Å². The molecule has 1 N–H and O–H groups in total. The number of aromatic carboxylic acids is 1. The van der Waals surface area contributed by atoms with E-state index < -0.39 is 5.97 Å². The molecule has 2 heterocycles. The number of thioether (sulfide) groups is 1. The maximum absolute atomic E-state index is 10.9. The van der Waals surface area contributed by atoms with Gasteiger partial charge in [-0.3, -0.25) is 0 Å². The predicted octanol–water partition coefficient (Wildman–Crippen LogP) is 3.21. The molecule has 0 unspecified atom stereocenters. The lowest BCUT2D eigenvalue weighted by molar-refractivity contribution is 0.0701. The molecule has 0 bridgehead atoms. The Kier molecular flexibility index (Phi) is 3.80. The summed E-state index contributed by atoms with van der Waals surface area (Å²) in [6.45, 7) is 3.68. The molecule has 0 atom stereocenters. The summed E-state index contributed by atoms with van der Waals surface area (Å²) in [5.41, 5.74) is 1.60. The van der Waals surface area contributed by atoms with Gasteiger partial charge in [-0.05, 0) is 13.8 Å². The van der Waals surface area contributed by atoms with Crippen molar-refractivity contribution < 1.29 is 9.90 Å². The number of thiazole rings is 2. The molecule has 0 fully saturated rings. The van der Waals surface area contributed by atoms with E-state index in [-0.39, 0.29) is 0 Å². The molecule has 0 aromatic carbocycles. The van der Waals surface area contributed by atoms with Crippen LogP contribution in [-0.4, -0.2) is 21.0 Å². The Balaban J connectivity index is 2.04. The molecule has 2 aromatic rings. The van der Waals surface area contributed by atoms with Crippen LogP contribution in [0.4, 0.5) is 0 Å². The maximum Gasteiger partial charge on any atom is 0.347 e. The number of aryl methyl sites for hydroxylation is 2. The third-order valence-corrected chi connectivity index (χ3v) is 5.41. The van der Waals surface area contributed by atoms with Crippen molar-refractivity contribution in [1.82, 2.24) is 9.97 Å². The van der Waals surface area contributed by atoms with E-state index in [4.69, 9.17) is 5.11 Å². The molecule has 0 saturated heterocycles. The van der Waals surface area contributed by atoms with Crippen LogP contribution in [0.3, 0.4) is 0 Å². The fraction of sp³-hybridized carbons (Fsp3) is 0.300. The first kappa shape index (κ1) is 12.5. The summed E-state index contributed by atoms with van der Waals surface area (Å²) in [5, 5.41) is 12.0.